The summed E-state index contributed by atoms with van der Waals surface area (Å²) in [6.07, 6.45) is 9.19. The largest absolute Gasteiger partial charge is 0.507 e. The van der Waals surface area contributed by atoms with E-state index in [0.29, 0.717) is 67.9 Å². The molecule has 1 aliphatic heterocycles. The lowest BCUT2D eigenvalue weighted by atomic mass is 9.84. The van der Waals surface area contributed by atoms with Gasteiger partial charge in [-0.25, -0.2) is 4.79 Å². The number of carbonyl (C=O) groups is 3. The molecule has 0 radical (unpaired) electrons. The van der Waals surface area contributed by atoms with E-state index in [-0.39, 0.29) is 47.1 Å². The van der Waals surface area contributed by atoms with Crippen LogP contribution in [0.5, 0.6) is 28.7 Å². The van der Waals surface area contributed by atoms with Crippen LogP contribution >= 0.6 is 0 Å². The minimum Gasteiger partial charge on any atom is -0.507 e. The lowest BCUT2D eigenvalue weighted by Crippen LogP contribution is -2.29. The van der Waals surface area contributed by atoms with Gasteiger partial charge >= 0.3 is 5.97 Å². The number of rotatable bonds is 10. The fraction of sp³-hybridized carbons (Fsp3) is 0.429. The number of phenols is 2. The van der Waals surface area contributed by atoms with E-state index in [1.54, 1.807) is 54.4 Å². The first-order valence-corrected chi connectivity index (χ1v) is 15.7. The highest BCUT2D eigenvalue weighted by molar-refractivity contribution is 5.98. The Bertz CT molecular complexity index is 1560. The van der Waals surface area contributed by atoms with Crippen molar-refractivity contribution in [3.05, 3.63) is 65.0 Å². The number of carbonyl (C=O) groups excluding carboxylic acids is 3. The molecule has 1 unspecified atom stereocenters. The Morgan fingerprint density at radius 2 is 1.81 bits per heavy atom. The van der Waals surface area contributed by atoms with Crippen molar-refractivity contribution in [3.8, 4) is 28.7 Å². The molecule has 0 aliphatic carbocycles. The van der Waals surface area contributed by atoms with E-state index in [9.17, 15) is 24.6 Å². The summed E-state index contributed by atoms with van der Waals surface area (Å²) in [5.74, 6) is -1.87. The first kappa shape index (κ1) is 34.9. The molecule has 3 N–H and O–H groups in total. The van der Waals surface area contributed by atoms with Crippen LogP contribution in [0.4, 0.5) is 0 Å². The molecular formula is C35H43N3O9. The molecule has 1 aliphatic rings. The quantitative estimate of drug-likeness (QED) is 0.251. The van der Waals surface area contributed by atoms with E-state index < -0.39 is 23.7 Å². The van der Waals surface area contributed by atoms with Crippen molar-refractivity contribution in [3.63, 3.8) is 0 Å². The highest BCUT2D eigenvalue weighted by atomic mass is 16.5. The number of esters is 1. The smallest absolute Gasteiger partial charge is 0.342 e. The Labute approximate surface area is 274 Å². The summed E-state index contributed by atoms with van der Waals surface area (Å²) < 4.78 is 24.0. The second-order valence-electron chi connectivity index (χ2n) is 11.4. The molecule has 2 aromatic carbocycles. The number of nitrogens with one attached hydrogen (secondary N) is 1. The van der Waals surface area contributed by atoms with E-state index in [0.717, 1.165) is 0 Å². The zero-order valence-electron chi connectivity index (χ0n) is 27.3. The van der Waals surface area contributed by atoms with Crippen molar-refractivity contribution in [1.29, 1.82) is 0 Å². The predicted octanol–water partition coefficient (Wildman–Crippen LogP) is 5.14. The number of hydrogen-bond acceptors (Lipinski definition) is 10. The molecule has 252 valence electrons. The van der Waals surface area contributed by atoms with Gasteiger partial charge in [0.05, 0.1) is 34.0 Å². The van der Waals surface area contributed by atoms with Crippen molar-refractivity contribution < 1.29 is 43.5 Å². The summed E-state index contributed by atoms with van der Waals surface area (Å²) in [4.78, 5) is 39.2. The predicted molar refractivity (Wildman–Crippen MR) is 174 cm³/mol. The van der Waals surface area contributed by atoms with Gasteiger partial charge in [-0.1, -0.05) is 12.2 Å². The first-order valence-electron chi connectivity index (χ1n) is 15.7. The van der Waals surface area contributed by atoms with Gasteiger partial charge in [-0.3, -0.25) is 14.3 Å². The van der Waals surface area contributed by atoms with E-state index in [4.69, 9.17) is 18.9 Å². The summed E-state index contributed by atoms with van der Waals surface area (Å²) in [5.41, 5.74) is 0.530. The molecule has 0 bridgehead atoms. The second-order valence-corrected chi connectivity index (χ2v) is 11.4. The number of phenolic OH excluding ortho intramolecular Hbond substituents is 2. The van der Waals surface area contributed by atoms with Crippen LogP contribution in [0.1, 0.15) is 84.8 Å². The number of hydrogen-bond donors (Lipinski definition) is 3. The van der Waals surface area contributed by atoms with Gasteiger partial charge in [0.1, 0.15) is 22.8 Å². The van der Waals surface area contributed by atoms with Gasteiger partial charge in [0.25, 0.3) is 0 Å². The number of aromatic nitrogens is 2. The molecule has 12 heteroatoms. The lowest BCUT2D eigenvalue weighted by molar-refractivity contribution is -0.121. The Morgan fingerprint density at radius 1 is 1.09 bits per heavy atom. The standard InChI is InChI=1S/C35H43N3O9/c1-22-10-8-13-25(39)12-7-5-6-11-23-18-27(40)32(33(42)31(23)35(43)47-22)26(21-30(41)36-15-17-38-16-9-14-37-38)24-19-28(44-2)34(46-4)29(20-24)45-3/h6,9,11,14,16,18-20,22,26,40,42H,5,7-8,10,12-13,15,17,21H2,1-4H3,(H,36,41)/b11-6+/t22-,26?/m0/s1. The molecule has 1 amide bonds. The Morgan fingerprint density at radius 3 is 2.47 bits per heavy atom. The van der Waals surface area contributed by atoms with Crippen LogP contribution in [0.15, 0.2) is 42.7 Å². The number of amides is 1. The van der Waals surface area contributed by atoms with Gasteiger partial charge in [0, 0.05) is 49.7 Å². The average molecular weight is 650 g/mol. The van der Waals surface area contributed by atoms with Gasteiger partial charge < -0.3 is 34.5 Å². The highest BCUT2D eigenvalue weighted by Crippen LogP contribution is 2.47. The van der Waals surface area contributed by atoms with Crippen LogP contribution in [0.25, 0.3) is 6.08 Å². The lowest BCUT2D eigenvalue weighted by Gasteiger charge is -2.24. The number of fused-ring (bicyclic) bond motifs is 1. The SMILES string of the molecule is COc1cc(C(CC(=O)NCCn2cccn2)c2c(O)cc3c(c2O)C(=O)O[C@@H](C)CCCC(=O)CCC/C=C/3)cc(OC)c1OC. The van der Waals surface area contributed by atoms with Gasteiger partial charge in [0.15, 0.2) is 11.5 Å². The minimum atomic E-state index is -0.966. The average Bonchev–Trinajstić information content (AvgIpc) is 3.56. The zero-order valence-corrected chi connectivity index (χ0v) is 27.3. The van der Waals surface area contributed by atoms with Gasteiger partial charge in [-0.2, -0.15) is 5.10 Å². The van der Waals surface area contributed by atoms with Gasteiger partial charge in [-0.05, 0) is 68.0 Å². The van der Waals surface area contributed by atoms with Crippen LogP contribution < -0.4 is 19.5 Å². The number of aromatic hydroxyl groups is 2. The molecule has 0 saturated heterocycles. The van der Waals surface area contributed by atoms with Gasteiger partial charge in [-0.15, -0.1) is 0 Å². The maximum Gasteiger partial charge on any atom is 0.342 e. The van der Waals surface area contributed by atoms with Crippen molar-refractivity contribution in [2.75, 3.05) is 27.9 Å². The Kier molecular flexibility index (Phi) is 12.3. The molecule has 2 heterocycles. The van der Waals surface area contributed by atoms with Crippen molar-refractivity contribution in [1.82, 2.24) is 15.1 Å². The zero-order chi connectivity index (χ0) is 33.9. The third-order valence-corrected chi connectivity index (χ3v) is 8.10. The van der Waals surface area contributed by atoms with E-state index >= 15 is 0 Å². The molecule has 0 fully saturated rings. The number of benzene rings is 2. The number of Topliss-reactive ketones (excluding diaryl/α,β-unsaturated/α-hetero) is 1. The number of allylic oxidation sites excluding steroid dienone is 1. The molecule has 0 saturated carbocycles. The normalized spacial score (nSPS) is 17.1. The number of methoxy groups -OCH3 is 3. The third kappa shape index (κ3) is 8.84. The summed E-state index contributed by atoms with van der Waals surface area (Å²) >= 11 is 0. The maximum absolute atomic E-state index is 13.6. The fourth-order valence-corrected chi connectivity index (χ4v) is 5.71. The maximum atomic E-state index is 13.6. The van der Waals surface area contributed by atoms with Crippen LogP contribution in [-0.2, 0) is 20.9 Å². The van der Waals surface area contributed by atoms with Crippen LogP contribution in [0.3, 0.4) is 0 Å². The summed E-state index contributed by atoms with van der Waals surface area (Å²) in [6, 6.07) is 6.43. The van der Waals surface area contributed by atoms with E-state index in [1.165, 1.54) is 27.4 Å². The van der Waals surface area contributed by atoms with Crippen molar-refractivity contribution in [2.45, 2.75) is 70.4 Å². The Hall–Kier alpha value is -5.00. The van der Waals surface area contributed by atoms with E-state index in [2.05, 4.69) is 10.4 Å². The molecule has 3 aromatic rings. The monoisotopic (exact) mass is 649 g/mol. The second kappa shape index (κ2) is 16.5. The molecule has 2 atom stereocenters. The van der Waals surface area contributed by atoms with Crippen molar-refractivity contribution in [2.24, 2.45) is 0 Å². The molecule has 47 heavy (non-hydrogen) atoms. The fourth-order valence-electron chi connectivity index (χ4n) is 5.71. The summed E-state index contributed by atoms with van der Waals surface area (Å²) in [6.45, 7) is 2.45. The van der Waals surface area contributed by atoms with Crippen molar-refractivity contribution >= 4 is 23.7 Å². The van der Waals surface area contributed by atoms with Crippen LogP contribution in [0, 0.1) is 0 Å². The topological polar surface area (TPSA) is 158 Å². The van der Waals surface area contributed by atoms with Crippen LogP contribution in [0.2, 0.25) is 0 Å². The Balaban J connectivity index is 1.81. The molecule has 0 spiro atoms. The molecule has 12 nitrogen and oxygen atoms in total. The number of ether oxygens (including phenoxy) is 4. The number of cyclic esters (lactones) is 1. The van der Waals surface area contributed by atoms with Crippen LogP contribution in [-0.4, -0.2) is 71.6 Å². The summed E-state index contributed by atoms with van der Waals surface area (Å²) in [7, 11) is 4.38. The molecule has 1 aromatic heterocycles. The first-order chi connectivity index (χ1) is 22.7. The van der Waals surface area contributed by atoms with Gasteiger partial charge in [0.2, 0.25) is 11.7 Å². The van der Waals surface area contributed by atoms with E-state index in [1.807, 2.05) is 0 Å². The number of nitrogens with zero attached hydrogens (tertiary/aromatic N) is 2. The molecular weight excluding hydrogens is 606 g/mol. The minimum absolute atomic E-state index is 0.0371. The molecule has 4 rings (SSSR count). The third-order valence-electron chi connectivity index (χ3n) is 8.10. The summed E-state index contributed by atoms with van der Waals surface area (Å²) in [5, 5.41) is 30.3. The highest BCUT2D eigenvalue weighted by Gasteiger charge is 2.32. The number of ketones is 1.